The second-order valence-corrected chi connectivity index (χ2v) is 10.8. The van der Waals surface area contributed by atoms with Gasteiger partial charge in [0.2, 0.25) is 0 Å². The molecular formula is C28H32N4O5S. The maximum Gasteiger partial charge on any atom is 0.338 e. The van der Waals surface area contributed by atoms with Crippen molar-refractivity contribution in [3.05, 3.63) is 78.7 Å². The molecule has 2 aliphatic heterocycles. The van der Waals surface area contributed by atoms with Crippen LogP contribution in [0.4, 0.5) is 5.88 Å². The Morgan fingerprint density at radius 3 is 2.50 bits per heavy atom. The second-order valence-electron chi connectivity index (χ2n) is 9.78. The summed E-state index contributed by atoms with van der Waals surface area (Å²) in [5.74, 6) is 1.59. The molecule has 4 heterocycles. The molecule has 5 rings (SSSR count). The van der Waals surface area contributed by atoms with Crippen LogP contribution in [0.2, 0.25) is 0 Å². The third-order valence-electron chi connectivity index (χ3n) is 6.72. The molecule has 0 spiro atoms. The molecule has 3 aromatic rings. The average Bonchev–Trinajstić information content (AvgIpc) is 3.47. The summed E-state index contributed by atoms with van der Waals surface area (Å²) in [6.45, 7) is 9.10. The number of likely N-dealkylation sites (N-methyl/N-ethyl adjacent to an activating group) is 1. The molecule has 200 valence electrons. The minimum Gasteiger partial charge on any atom is -0.497 e. The maximum absolute atomic E-state index is 13.8. The van der Waals surface area contributed by atoms with E-state index in [9.17, 15) is 9.59 Å². The molecule has 1 aromatic carbocycles. The molecular weight excluding hydrogens is 504 g/mol. The first-order valence-electron chi connectivity index (χ1n) is 12.7. The van der Waals surface area contributed by atoms with Crippen LogP contribution in [0.5, 0.6) is 5.75 Å². The fourth-order valence-corrected chi connectivity index (χ4v) is 5.73. The third kappa shape index (κ3) is 5.06. The summed E-state index contributed by atoms with van der Waals surface area (Å²) in [6.07, 6.45) is 1.44. The van der Waals surface area contributed by atoms with Crippen molar-refractivity contribution in [1.82, 2.24) is 9.47 Å². The van der Waals surface area contributed by atoms with Gasteiger partial charge in [-0.05, 0) is 51.6 Å². The standard InChI is InChI=1S/C28H32N4O5S/c1-17(2)36-27(34)24-18(3)29-28-32(25(24)19-6-8-20(35-5)9-7-19)26(33)22(38-28)16-21-10-11-23(37-21)31-14-12-30(4)13-15-31/h6-11,16-17,25H,12-15H2,1-5H3. The number of anilines is 1. The Kier molecular flexibility index (Phi) is 7.27. The topological polar surface area (TPSA) is 89.5 Å². The van der Waals surface area contributed by atoms with Crippen LogP contribution in [-0.4, -0.2) is 61.9 Å². The molecule has 10 heteroatoms. The lowest BCUT2D eigenvalue weighted by Crippen LogP contribution is -2.44. The number of allylic oxidation sites excluding steroid dienone is 1. The lowest BCUT2D eigenvalue weighted by molar-refractivity contribution is -0.143. The van der Waals surface area contributed by atoms with Crippen molar-refractivity contribution in [1.29, 1.82) is 0 Å². The lowest BCUT2D eigenvalue weighted by atomic mass is 9.96. The number of piperazine rings is 1. The van der Waals surface area contributed by atoms with Crippen LogP contribution < -0.4 is 24.5 Å². The Morgan fingerprint density at radius 2 is 1.84 bits per heavy atom. The number of benzene rings is 1. The number of esters is 1. The van der Waals surface area contributed by atoms with Crippen molar-refractivity contribution < 1.29 is 18.7 Å². The number of rotatable bonds is 6. The molecule has 0 N–H and O–H groups in total. The number of furan rings is 1. The zero-order valence-corrected chi connectivity index (χ0v) is 23.1. The lowest BCUT2D eigenvalue weighted by Gasteiger charge is -2.32. The van der Waals surface area contributed by atoms with E-state index in [1.54, 1.807) is 38.5 Å². The average molecular weight is 537 g/mol. The Bertz CT molecular complexity index is 1540. The van der Waals surface area contributed by atoms with E-state index in [-0.39, 0.29) is 11.7 Å². The van der Waals surface area contributed by atoms with Gasteiger partial charge in [-0.15, -0.1) is 0 Å². The van der Waals surface area contributed by atoms with Crippen molar-refractivity contribution in [2.45, 2.75) is 32.9 Å². The first kappa shape index (κ1) is 26.0. The van der Waals surface area contributed by atoms with Gasteiger partial charge < -0.3 is 23.7 Å². The summed E-state index contributed by atoms with van der Waals surface area (Å²) in [6, 6.07) is 10.5. The Morgan fingerprint density at radius 1 is 1.13 bits per heavy atom. The highest BCUT2D eigenvalue weighted by Gasteiger charge is 2.34. The van der Waals surface area contributed by atoms with Crippen LogP contribution in [0, 0.1) is 0 Å². The number of methoxy groups -OCH3 is 1. The molecule has 0 bridgehead atoms. The molecule has 0 saturated carbocycles. The number of hydrogen-bond acceptors (Lipinski definition) is 9. The number of nitrogens with zero attached hydrogens (tertiary/aromatic N) is 4. The molecule has 2 aromatic heterocycles. The van der Waals surface area contributed by atoms with E-state index in [0.717, 1.165) is 37.6 Å². The molecule has 1 saturated heterocycles. The van der Waals surface area contributed by atoms with E-state index < -0.39 is 12.0 Å². The van der Waals surface area contributed by atoms with Gasteiger partial charge >= 0.3 is 5.97 Å². The van der Waals surface area contributed by atoms with Crippen LogP contribution in [-0.2, 0) is 9.53 Å². The van der Waals surface area contributed by atoms with Crippen LogP contribution >= 0.6 is 11.3 Å². The molecule has 38 heavy (non-hydrogen) atoms. The van der Waals surface area contributed by atoms with Crippen LogP contribution in [0.25, 0.3) is 6.08 Å². The molecule has 9 nitrogen and oxygen atoms in total. The van der Waals surface area contributed by atoms with Gasteiger partial charge in [0, 0.05) is 38.3 Å². The fourth-order valence-electron chi connectivity index (χ4n) is 4.71. The zero-order chi connectivity index (χ0) is 27.0. The molecule has 1 atom stereocenters. The molecule has 0 radical (unpaired) electrons. The van der Waals surface area contributed by atoms with Crippen molar-refractivity contribution in [2.24, 2.45) is 4.99 Å². The van der Waals surface area contributed by atoms with Gasteiger partial charge in [0.25, 0.3) is 5.56 Å². The largest absolute Gasteiger partial charge is 0.497 e. The molecule has 0 amide bonds. The summed E-state index contributed by atoms with van der Waals surface area (Å²) < 4.78 is 19.0. The Labute approximate surface area is 224 Å². The SMILES string of the molecule is COc1ccc(C2C(C(=O)OC(C)C)=C(C)N=c3sc(=Cc4ccc(N5CCN(C)CC5)o4)c(=O)n32)cc1. The Hall–Kier alpha value is -3.63. The summed E-state index contributed by atoms with van der Waals surface area (Å²) in [5.41, 5.74) is 1.39. The number of fused-ring (bicyclic) bond motifs is 1. The normalized spacial score (nSPS) is 18.5. The molecule has 1 unspecified atom stereocenters. The first-order valence-corrected chi connectivity index (χ1v) is 13.5. The van der Waals surface area contributed by atoms with Crippen LogP contribution in [0.1, 0.15) is 38.1 Å². The van der Waals surface area contributed by atoms with E-state index in [1.807, 2.05) is 36.4 Å². The van der Waals surface area contributed by atoms with Gasteiger partial charge in [-0.3, -0.25) is 9.36 Å². The molecule has 0 aliphatic carbocycles. The van der Waals surface area contributed by atoms with Crippen LogP contribution in [0.15, 0.2) is 61.9 Å². The third-order valence-corrected chi connectivity index (χ3v) is 7.70. The quantitative estimate of drug-likeness (QED) is 0.448. The monoisotopic (exact) mass is 536 g/mol. The summed E-state index contributed by atoms with van der Waals surface area (Å²) in [4.78, 5) is 36.7. The van der Waals surface area contributed by atoms with Crippen molar-refractivity contribution >= 4 is 29.3 Å². The Balaban J connectivity index is 1.57. The van der Waals surface area contributed by atoms with Crippen molar-refractivity contribution in [3.8, 4) is 5.75 Å². The van der Waals surface area contributed by atoms with E-state index in [1.165, 1.54) is 11.3 Å². The summed E-state index contributed by atoms with van der Waals surface area (Å²) >= 11 is 1.28. The van der Waals surface area contributed by atoms with Gasteiger partial charge in [0.15, 0.2) is 10.7 Å². The molecule has 1 fully saturated rings. The van der Waals surface area contributed by atoms with E-state index >= 15 is 0 Å². The fraction of sp³-hybridized carbons (Fsp3) is 0.393. The van der Waals surface area contributed by atoms with Gasteiger partial charge in [-0.1, -0.05) is 23.5 Å². The highest BCUT2D eigenvalue weighted by molar-refractivity contribution is 7.07. The smallest absolute Gasteiger partial charge is 0.338 e. The molecule has 2 aliphatic rings. The second kappa shape index (κ2) is 10.6. The number of carbonyl (C=O) groups is 1. The maximum atomic E-state index is 13.8. The summed E-state index contributed by atoms with van der Waals surface area (Å²) in [7, 11) is 3.71. The van der Waals surface area contributed by atoms with Crippen LogP contribution in [0.3, 0.4) is 0 Å². The first-order chi connectivity index (χ1) is 18.2. The van der Waals surface area contributed by atoms with E-state index in [2.05, 4.69) is 21.8 Å². The van der Waals surface area contributed by atoms with Gasteiger partial charge in [-0.2, -0.15) is 0 Å². The van der Waals surface area contributed by atoms with Gasteiger partial charge in [0.1, 0.15) is 11.5 Å². The predicted molar refractivity (Wildman–Crippen MR) is 146 cm³/mol. The van der Waals surface area contributed by atoms with E-state index in [0.29, 0.717) is 32.1 Å². The number of hydrogen-bond donors (Lipinski definition) is 0. The highest BCUT2D eigenvalue weighted by atomic mass is 32.1. The number of aromatic nitrogens is 1. The minimum atomic E-state index is -0.678. The number of carbonyl (C=O) groups excluding carboxylic acids is 1. The van der Waals surface area contributed by atoms with E-state index in [4.69, 9.17) is 13.9 Å². The number of thiazole rings is 1. The number of ether oxygens (including phenoxy) is 2. The minimum absolute atomic E-state index is 0.241. The highest BCUT2D eigenvalue weighted by Crippen LogP contribution is 2.32. The van der Waals surface area contributed by atoms with Crippen molar-refractivity contribution in [2.75, 3.05) is 45.2 Å². The van der Waals surface area contributed by atoms with Gasteiger partial charge in [0.05, 0.1) is 35.1 Å². The van der Waals surface area contributed by atoms with Gasteiger partial charge in [-0.25, -0.2) is 9.79 Å². The predicted octanol–water partition coefficient (Wildman–Crippen LogP) is 2.54. The van der Waals surface area contributed by atoms with Crippen molar-refractivity contribution in [3.63, 3.8) is 0 Å². The summed E-state index contributed by atoms with van der Waals surface area (Å²) in [5, 5.41) is 0. The zero-order valence-electron chi connectivity index (χ0n) is 22.3.